The monoisotopic (exact) mass is 282 g/mol. The Hall–Kier alpha value is -0.253. The van der Waals surface area contributed by atoms with Gasteiger partial charge in [0.2, 0.25) is 0 Å². The maximum Gasteiger partial charge on any atom is 0.105 e. The fraction of sp³-hybridized carbons (Fsp3) is 0.600. The number of hydrogen-bond acceptors (Lipinski definition) is 2. The fourth-order valence-electron chi connectivity index (χ4n) is 2.12. The van der Waals surface area contributed by atoms with Crippen LogP contribution in [0.25, 0.3) is 0 Å². The molecule has 0 bridgehead atoms. The SMILES string of the molecule is CCCCC(OC)(Sc1ccccc1)[Si](C)(C)C. The molecule has 18 heavy (non-hydrogen) atoms. The van der Waals surface area contributed by atoms with Gasteiger partial charge in [-0.3, -0.25) is 0 Å². The molecule has 0 aliphatic rings. The van der Waals surface area contributed by atoms with Crippen molar-refractivity contribution in [2.45, 2.75) is 55.3 Å². The third-order valence-corrected chi connectivity index (χ3v) is 9.45. The first-order chi connectivity index (χ1) is 8.45. The molecule has 102 valence electrons. The molecule has 0 aromatic heterocycles. The van der Waals surface area contributed by atoms with Crippen LogP contribution >= 0.6 is 11.8 Å². The van der Waals surface area contributed by atoms with E-state index in [-0.39, 0.29) is 4.56 Å². The highest BCUT2D eigenvalue weighted by molar-refractivity contribution is 8.02. The Bertz CT molecular complexity index is 347. The highest BCUT2D eigenvalue weighted by atomic mass is 32.2. The molecule has 0 saturated carbocycles. The van der Waals surface area contributed by atoms with Crippen LogP contribution in [0.3, 0.4) is 0 Å². The van der Waals surface area contributed by atoms with Crippen LogP contribution in [0.5, 0.6) is 0 Å². The van der Waals surface area contributed by atoms with Crippen LogP contribution in [0.4, 0.5) is 0 Å². The number of ether oxygens (including phenoxy) is 1. The summed E-state index contributed by atoms with van der Waals surface area (Å²) in [7, 11) is 0.463. The minimum Gasteiger partial charge on any atom is -0.371 e. The van der Waals surface area contributed by atoms with Crippen molar-refractivity contribution < 1.29 is 4.74 Å². The molecular weight excluding hydrogens is 256 g/mol. The summed E-state index contributed by atoms with van der Waals surface area (Å²) in [5.41, 5.74) is 0. The van der Waals surface area contributed by atoms with E-state index < -0.39 is 8.07 Å². The molecule has 0 saturated heterocycles. The summed E-state index contributed by atoms with van der Waals surface area (Å²) in [5, 5.41) is 0. The molecule has 1 atom stereocenters. The van der Waals surface area contributed by atoms with E-state index in [1.807, 2.05) is 18.9 Å². The third kappa shape index (κ3) is 3.87. The van der Waals surface area contributed by atoms with Crippen molar-refractivity contribution in [2.24, 2.45) is 0 Å². The smallest absolute Gasteiger partial charge is 0.105 e. The molecule has 0 amide bonds. The Morgan fingerprint density at radius 2 is 1.78 bits per heavy atom. The minimum absolute atomic E-state index is 0.00956. The lowest BCUT2D eigenvalue weighted by Gasteiger charge is -2.42. The lowest BCUT2D eigenvalue weighted by Crippen LogP contribution is -2.51. The van der Waals surface area contributed by atoms with Crippen molar-refractivity contribution in [2.75, 3.05) is 7.11 Å². The van der Waals surface area contributed by atoms with E-state index in [1.165, 1.54) is 17.7 Å². The highest BCUT2D eigenvalue weighted by Crippen LogP contribution is 2.44. The average Bonchev–Trinajstić information content (AvgIpc) is 2.34. The van der Waals surface area contributed by atoms with Gasteiger partial charge in [0, 0.05) is 12.0 Å². The molecule has 1 unspecified atom stereocenters. The van der Waals surface area contributed by atoms with Gasteiger partial charge >= 0.3 is 0 Å². The van der Waals surface area contributed by atoms with Crippen LogP contribution in [0.1, 0.15) is 26.2 Å². The number of benzene rings is 1. The molecule has 0 N–H and O–H groups in total. The maximum atomic E-state index is 6.03. The molecule has 1 nitrogen and oxygen atoms in total. The van der Waals surface area contributed by atoms with E-state index in [9.17, 15) is 0 Å². The topological polar surface area (TPSA) is 9.23 Å². The molecule has 0 heterocycles. The van der Waals surface area contributed by atoms with E-state index in [0.29, 0.717) is 0 Å². The van der Waals surface area contributed by atoms with E-state index in [0.717, 1.165) is 6.42 Å². The van der Waals surface area contributed by atoms with Crippen molar-refractivity contribution in [3.05, 3.63) is 30.3 Å². The van der Waals surface area contributed by atoms with Crippen LogP contribution < -0.4 is 0 Å². The lowest BCUT2D eigenvalue weighted by atomic mass is 10.2. The Morgan fingerprint density at radius 3 is 2.22 bits per heavy atom. The van der Waals surface area contributed by atoms with Crippen molar-refractivity contribution in [3.8, 4) is 0 Å². The molecular formula is C15H26OSSi. The summed E-state index contributed by atoms with van der Waals surface area (Å²) < 4.78 is 6.02. The minimum atomic E-state index is -1.42. The normalized spacial score (nSPS) is 15.4. The number of methoxy groups -OCH3 is 1. The molecule has 0 aliphatic carbocycles. The van der Waals surface area contributed by atoms with Gasteiger partial charge in [-0.2, -0.15) is 0 Å². The van der Waals surface area contributed by atoms with Crippen molar-refractivity contribution >= 4 is 19.8 Å². The van der Waals surface area contributed by atoms with Gasteiger partial charge in [-0.05, 0) is 18.6 Å². The van der Waals surface area contributed by atoms with Crippen LogP contribution in [-0.4, -0.2) is 19.7 Å². The molecule has 0 spiro atoms. The summed E-state index contributed by atoms with van der Waals surface area (Å²) in [6.45, 7) is 9.46. The van der Waals surface area contributed by atoms with Gasteiger partial charge in [-0.1, -0.05) is 69.4 Å². The van der Waals surface area contributed by atoms with Crippen molar-refractivity contribution in [1.82, 2.24) is 0 Å². The first-order valence-electron chi connectivity index (χ1n) is 6.74. The number of hydrogen-bond donors (Lipinski definition) is 0. The Balaban J connectivity index is 2.96. The molecule has 0 aliphatic heterocycles. The Morgan fingerprint density at radius 1 is 1.17 bits per heavy atom. The second-order valence-electron chi connectivity index (χ2n) is 5.73. The second-order valence-corrected chi connectivity index (χ2v) is 12.7. The van der Waals surface area contributed by atoms with Gasteiger partial charge in [0.05, 0.1) is 8.07 Å². The van der Waals surface area contributed by atoms with E-state index in [1.54, 1.807) is 0 Å². The molecule has 3 heteroatoms. The highest BCUT2D eigenvalue weighted by Gasteiger charge is 2.44. The standard InChI is InChI=1S/C15H26OSSi/c1-6-7-13-15(16-2,18(3,4)5)17-14-11-9-8-10-12-14/h8-12H,6-7,13H2,1-5H3. The number of unbranched alkanes of at least 4 members (excludes halogenated alkanes) is 1. The van der Waals surface area contributed by atoms with Gasteiger partial charge in [0.25, 0.3) is 0 Å². The predicted molar refractivity (Wildman–Crippen MR) is 84.9 cm³/mol. The van der Waals surface area contributed by atoms with E-state index >= 15 is 0 Å². The van der Waals surface area contributed by atoms with Crippen LogP contribution in [0.15, 0.2) is 35.2 Å². The average molecular weight is 283 g/mol. The van der Waals surface area contributed by atoms with Crippen LogP contribution in [0.2, 0.25) is 19.6 Å². The zero-order valence-corrected chi connectivity index (χ0v) is 14.1. The lowest BCUT2D eigenvalue weighted by molar-refractivity contribution is 0.120. The summed E-state index contributed by atoms with van der Waals surface area (Å²) in [5.74, 6) is 0. The first-order valence-corrected chi connectivity index (χ1v) is 11.1. The van der Waals surface area contributed by atoms with E-state index in [4.69, 9.17) is 4.74 Å². The van der Waals surface area contributed by atoms with Gasteiger partial charge < -0.3 is 4.74 Å². The number of rotatable bonds is 7. The molecule has 1 aromatic carbocycles. The van der Waals surface area contributed by atoms with Crippen molar-refractivity contribution in [3.63, 3.8) is 0 Å². The summed E-state index contributed by atoms with van der Waals surface area (Å²) in [6.07, 6.45) is 3.61. The van der Waals surface area contributed by atoms with Gasteiger partial charge in [-0.15, -0.1) is 0 Å². The quantitative estimate of drug-likeness (QED) is 0.387. The zero-order valence-electron chi connectivity index (χ0n) is 12.3. The maximum absolute atomic E-state index is 6.03. The molecule has 1 aromatic rings. The fourth-order valence-corrected chi connectivity index (χ4v) is 6.24. The van der Waals surface area contributed by atoms with E-state index in [2.05, 4.69) is 56.9 Å². The largest absolute Gasteiger partial charge is 0.371 e. The van der Waals surface area contributed by atoms with Crippen LogP contribution in [0, 0.1) is 0 Å². The summed E-state index contributed by atoms with van der Waals surface area (Å²) >= 11 is 1.92. The second kappa shape index (κ2) is 6.78. The van der Waals surface area contributed by atoms with Crippen molar-refractivity contribution in [1.29, 1.82) is 0 Å². The first kappa shape index (κ1) is 15.8. The Kier molecular flexibility index (Phi) is 5.95. The third-order valence-electron chi connectivity index (χ3n) is 3.36. The summed E-state index contributed by atoms with van der Waals surface area (Å²) in [6, 6.07) is 10.6. The summed E-state index contributed by atoms with van der Waals surface area (Å²) in [4.78, 5) is 1.32. The molecule has 0 fully saturated rings. The van der Waals surface area contributed by atoms with Gasteiger partial charge in [-0.25, -0.2) is 0 Å². The van der Waals surface area contributed by atoms with Crippen LogP contribution in [-0.2, 0) is 4.74 Å². The molecule has 1 rings (SSSR count). The predicted octanol–water partition coefficient (Wildman–Crippen LogP) is 5.19. The Labute approximate surface area is 117 Å². The molecule has 0 radical (unpaired) electrons. The van der Waals surface area contributed by atoms with Gasteiger partial charge in [0.15, 0.2) is 0 Å². The zero-order chi connectivity index (χ0) is 13.6. The number of thioether (sulfide) groups is 1. The van der Waals surface area contributed by atoms with Gasteiger partial charge in [0.1, 0.15) is 4.56 Å².